The highest BCUT2D eigenvalue weighted by atomic mass is 35.5. The van der Waals surface area contributed by atoms with E-state index in [2.05, 4.69) is 15.1 Å². The summed E-state index contributed by atoms with van der Waals surface area (Å²) in [5.74, 6) is 0.640. The van der Waals surface area contributed by atoms with E-state index < -0.39 is 11.8 Å². The average Bonchev–Trinajstić information content (AvgIpc) is 3.42. The first-order valence-electron chi connectivity index (χ1n) is 13.2. The number of fused-ring (bicyclic) bond motifs is 1. The molecule has 3 atom stereocenters. The number of rotatable bonds is 9. The molecule has 1 saturated carbocycles. The molecule has 1 saturated heterocycles. The Kier molecular flexibility index (Phi) is 6.40. The summed E-state index contributed by atoms with van der Waals surface area (Å²) in [6.07, 6.45) is 5.67. The first kappa shape index (κ1) is 25.6. The Hall–Kier alpha value is -4.35. The molecule has 2 unspecified atom stereocenters. The van der Waals surface area contributed by atoms with E-state index in [1.165, 1.54) is 12.1 Å². The van der Waals surface area contributed by atoms with Crippen molar-refractivity contribution >= 4 is 28.7 Å². The number of ether oxygens (including phenoxy) is 2. The fraction of sp³-hybridized carbons (Fsp3) is 0.276. The second-order valence-corrected chi connectivity index (χ2v) is 10.7. The summed E-state index contributed by atoms with van der Waals surface area (Å²) >= 11 is 5.83. The molecule has 1 aliphatic carbocycles. The number of aromatic nitrogens is 6. The zero-order chi connectivity index (χ0) is 28.1. The van der Waals surface area contributed by atoms with Crippen molar-refractivity contribution in [3.8, 4) is 11.7 Å². The molecule has 2 aliphatic rings. The van der Waals surface area contributed by atoms with Crippen LogP contribution in [0.25, 0.3) is 17.0 Å². The number of halogens is 2. The van der Waals surface area contributed by atoms with Gasteiger partial charge in [0.25, 0.3) is 0 Å². The standard InChI is InChI=1S/C29H24ClFN6O4/c30-18-5-4-16(22(31)10-18)15-41-26-3-1-2-25(35-26)37-13-17(12-32-37)20-11-21(20)27-33-23-6-7-24(29(38)39)34-28(23)36(27)14-19-8-9-40-19/h1-7,10,12-13,19-21H,8-9,11,14-15H2,(H,38,39)/t19-,20?,21?/m0/s1. The van der Waals surface area contributed by atoms with Crippen LogP contribution in [-0.2, 0) is 17.9 Å². The molecule has 10 nitrogen and oxygen atoms in total. The topological polar surface area (TPSA) is 117 Å². The van der Waals surface area contributed by atoms with Crippen molar-refractivity contribution in [1.29, 1.82) is 0 Å². The van der Waals surface area contributed by atoms with Crippen LogP contribution in [0.2, 0.25) is 5.02 Å². The number of hydrogen-bond acceptors (Lipinski definition) is 7. The van der Waals surface area contributed by atoms with Gasteiger partial charge in [-0.15, -0.1) is 0 Å². The minimum Gasteiger partial charge on any atom is -0.477 e. The van der Waals surface area contributed by atoms with Gasteiger partial charge < -0.3 is 19.1 Å². The highest BCUT2D eigenvalue weighted by molar-refractivity contribution is 6.30. The molecule has 0 bridgehead atoms. The van der Waals surface area contributed by atoms with Crippen LogP contribution < -0.4 is 4.74 Å². The Morgan fingerprint density at radius 2 is 2.02 bits per heavy atom. The number of nitrogens with zero attached hydrogens (tertiary/aromatic N) is 6. The maximum atomic E-state index is 14.1. The Labute approximate surface area is 238 Å². The van der Waals surface area contributed by atoms with Crippen molar-refractivity contribution in [2.75, 3.05) is 6.61 Å². The monoisotopic (exact) mass is 574 g/mol. The minimum absolute atomic E-state index is 0.00892. The predicted molar refractivity (Wildman–Crippen MR) is 146 cm³/mol. The Morgan fingerprint density at radius 1 is 1.15 bits per heavy atom. The van der Waals surface area contributed by atoms with Gasteiger partial charge in [-0.05, 0) is 54.7 Å². The van der Waals surface area contributed by atoms with E-state index in [4.69, 9.17) is 26.1 Å². The van der Waals surface area contributed by atoms with Gasteiger partial charge in [-0.3, -0.25) is 0 Å². The summed E-state index contributed by atoms with van der Waals surface area (Å²) in [6, 6.07) is 13.0. The van der Waals surface area contributed by atoms with E-state index in [1.807, 2.05) is 23.0 Å². The number of aromatic carboxylic acids is 1. The molecule has 2 fully saturated rings. The molecule has 7 rings (SSSR count). The van der Waals surface area contributed by atoms with E-state index in [9.17, 15) is 14.3 Å². The van der Waals surface area contributed by atoms with Crippen molar-refractivity contribution in [2.45, 2.75) is 43.9 Å². The quantitative estimate of drug-likeness (QED) is 0.257. The van der Waals surface area contributed by atoms with Gasteiger partial charge >= 0.3 is 5.97 Å². The minimum atomic E-state index is -1.07. The predicted octanol–water partition coefficient (Wildman–Crippen LogP) is 5.14. The number of pyridine rings is 2. The Balaban J connectivity index is 1.10. The number of imidazole rings is 1. The molecule has 41 heavy (non-hydrogen) atoms. The van der Waals surface area contributed by atoms with Crippen molar-refractivity contribution in [3.63, 3.8) is 0 Å². The summed E-state index contributed by atoms with van der Waals surface area (Å²) in [5, 5.41) is 14.3. The lowest BCUT2D eigenvalue weighted by Gasteiger charge is -2.27. The van der Waals surface area contributed by atoms with Crippen LogP contribution in [0, 0.1) is 5.82 Å². The number of carboxylic acids is 1. The SMILES string of the molecule is O=C(O)c1ccc2nc(C3CC3c3cnn(-c4cccc(OCc5ccc(Cl)cc5F)n4)c3)n(C[C@@H]3CCO3)c2n1. The first-order chi connectivity index (χ1) is 19.9. The molecule has 0 amide bonds. The number of hydrogen-bond donors (Lipinski definition) is 1. The van der Waals surface area contributed by atoms with Crippen molar-refractivity contribution in [3.05, 3.63) is 94.4 Å². The van der Waals surface area contributed by atoms with E-state index in [-0.39, 0.29) is 30.2 Å². The van der Waals surface area contributed by atoms with Gasteiger partial charge in [-0.25, -0.2) is 23.8 Å². The van der Waals surface area contributed by atoms with Crippen LogP contribution in [0.5, 0.6) is 5.88 Å². The molecule has 208 valence electrons. The summed E-state index contributed by atoms with van der Waals surface area (Å²) < 4.78 is 29.2. The van der Waals surface area contributed by atoms with Gasteiger partial charge in [0.2, 0.25) is 5.88 Å². The Bertz CT molecular complexity index is 1780. The molecule has 5 heterocycles. The van der Waals surface area contributed by atoms with Gasteiger partial charge in [-0.2, -0.15) is 10.1 Å². The molecule has 1 N–H and O–H groups in total. The van der Waals surface area contributed by atoms with Crippen LogP contribution in [0.3, 0.4) is 0 Å². The molecule has 5 aromatic rings. The van der Waals surface area contributed by atoms with Crippen LogP contribution >= 0.6 is 11.6 Å². The molecule has 12 heteroatoms. The fourth-order valence-electron chi connectivity index (χ4n) is 5.14. The van der Waals surface area contributed by atoms with Crippen LogP contribution in [0.1, 0.15) is 52.1 Å². The molecule has 0 spiro atoms. The molecule has 1 aromatic carbocycles. The lowest BCUT2D eigenvalue weighted by atomic mass is 10.1. The third kappa shape index (κ3) is 5.02. The van der Waals surface area contributed by atoms with Crippen molar-refractivity contribution in [2.24, 2.45) is 0 Å². The highest BCUT2D eigenvalue weighted by Gasteiger charge is 2.44. The average molecular weight is 575 g/mol. The molecular formula is C29H24ClFN6O4. The van der Waals surface area contributed by atoms with E-state index in [0.717, 1.165) is 30.8 Å². The summed E-state index contributed by atoms with van der Waals surface area (Å²) in [6.45, 7) is 1.33. The fourth-order valence-corrected chi connectivity index (χ4v) is 5.30. The van der Waals surface area contributed by atoms with Crippen molar-refractivity contribution < 1.29 is 23.8 Å². The van der Waals surface area contributed by atoms with Crippen LogP contribution in [-0.4, -0.2) is 53.1 Å². The summed E-state index contributed by atoms with van der Waals surface area (Å²) in [7, 11) is 0. The number of carboxylic acid groups (broad SMARTS) is 1. The zero-order valence-corrected chi connectivity index (χ0v) is 22.4. The number of carbonyl (C=O) groups is 1. The van der Waals surface area contributed by atoms with E-state index in [0.29, 0.717) is 40.0 Å². The van der Waals surface area contributed by atoms with E-state index >= 15 is 0 Å². The smallest absolute Gasteiger partial charge is 0.354 e. The van der Waals surface area contributed by atoms with Crippen LogP contribution in [0.15, 0.2) is 60.9 Å². The maximum Gasteiger partial charge on any atom is 0.354 e. The largest absolute Gasteiger partial charge is 0.477 e. The lowest BCUT2D eigenvalue weighted by Crippen LogP contribution is -2.31. The second-order valence-electron chi connectivity index (χ2n) is 10.2. The van der Waals surface area contributed by atoms with Gasteiger partial charge in [0.1, 0.15) is 23.8 Å². The lowest BCUT2D eigenvalue weighted by molar-refractivity contribution is -0.0590. The summed E-state index contributed by atoms with van der Waals surface area (Å²) in [5.41, 5.74) is 2.66. The van der Waals surface area contributed by atoms with Crippen molar-refractivity contribution in [1.82, 2.24) is 29.3 Å². The maximum absolute atomic E-state index is 14.1. The third-order valence-corrected chi connectivity index (χ3v) is 7.74. The molecular weight excluding hydrogens is 551 g/mol. The molecule has 0 radical (unpaired) electrons. The van der Waals surface area contributed by atoms with Gasteiger partial charge in [0, 0.05) is 35.4 Å². The van der Waals surface area contributed by atoms with E-state index in [1.54, 1.807) is 35.0 Å². The highest BCUT2D eigenvalue weighted by Crippen LogP contribution is 2.54. The first-order valence-corrected chi connectivity index (χ1v) is 13.6. The van der Waals surface area contributed by atoms with Gasteiger partial charge in [0.05, 0.1) is 18.8 Å². The van der Waals surface area contributed by atoms with Gasteiger partial charge in [-0.1, -0.05) is 23.7 Å². The molecule has 4 aromatic heterocycles. The summed E-state index contributed by atoms with van der Waals surface area (Å²) in [4.78, 5) is 25.3. The van der Waals surface area contributed by atoms with Gasteiger partial charge in [0.15, 0.2) is 17.2 Å². The number of benzene rings is 1. The molecule has 1 aliphatic heterocycles. The van der Waals surface area contributed by atoms with Crippen LogP contribution in [0.4, 0.5) is 4.39 Å². The zero-order valence-electron chi connectivity index (χ0n) is 21.7. The second kappa shape index (κ2) is 10.2. The third-order valence-electron chi connectivity index (χ3n) is 7.51. The normalized spacial score (nSPS) is 19.7. The Morgan fingerprint density at radius 3 is 2.80 bits per heavy atom.